The van der Waals surface area contributed by atoms with Crippen LogP contribution in [0.5, 0.6) is 0 Å². The van der Waals surface area contributed by atoms with Crippen LogP contribution in [0.3, 0.4) is 0 Å². The van der Waals surface area contributed by atoms with E-state index in [0.717, 1.165) is 18.0 Å². The maximum Gasteiger partial charge on any atom is 0.0408 e. The molecule has 2 rings (SSSR count). The zero-order valence-electron chi connectivity index (χ0n) is 8.46. The molecular weight excluding hydrogens is 194 g/mol. The lowest BCUT2D eigenvalue weighted by Crippen LogP contribution is -2.20. The fourth-order valence-electron chi connectivity index (χ4n) is 2.22. The molecule has 76 valence electrons. The molecule has 1 aliphatic carbocycles. The molecule has 1 aliphatic rings. The lowest BCUT2D eigenvalue weighted by atomic mass is 9.91. The van der Waals surface area contributed by atoms with Gasteiger partial charge in [0, 0.05) is 5.02 Å². The molecule has 2 atom stereocenters. The van der Waals surface area contributed by atoms with Crippen molar-refractivity contribution in [2.45, 2.75) is 19.8 Å². The average Bonchev–Trinajstić information content (AvgIpc) is 2.59. The number of halogens is 1. The van der Waals surface area contributed by atoms with E-state index in [9.17, 15) is 0 Å². The Morgan fingerprint density at radius 1 is 1.43 bits per heavy atom. The molecule has 2 heteroatoms. The topological polar surface area (TPSA) is 26.0 Å². The highest BCUT2D eigenvalue weighted by atomic mass is 35.5. The van der Waals surface area contributed by atoms with Crippen molar-refractivity contribution in [2.75, 3.05) is 6.54 Å². The van der Waals surface area contributed by atoms with E-state index in [1.54, 1.807) is 0 Å². The number of benzene rings is 1. The number of rotatable bonds is 2. The Balaban J connectivity index is 2.17. The maximum absolute atomic E-state index is 5.96. The van der Waals surface area contributed by atoms with E-state index >= 15 is 0 Å². The van der Waals surface area contributed by atoms with E-state index in [0.29, 0.717) is 11.8 Å². The predicted molar refractivity (Wildman–Crippen MR) is 60.6 cm³/mol. The highest BCUT2D eigenvalue weighted by molar-refractivity contribution is 6.30. The van der Waals surface area contributed by atoms with Crippen LogP contribution in [0, 0.1) is 11.8 Å². The third-order valence-corrected chi connectivity index (χ3v) is 3.54. The van der Waals surface area contributed by atoms with Gasteiger partial charge in [0.1, 0.15) is 0 Å². The molecule has 0 radical (unpaired) electrons. The molecule has 0 aliphatic heterocycles. The van der Waals surface area contributed by atoms with E-state index in [2.05, 4.69) is 19.1 Å². The van der Waals surface area contributed by atoms with Gasteiger partial charge in [-0.25, -0.2) is 0 Å². The minimum Gasteiger partial charge on any atom is -0.330 e. The molecule has 1 aromatic rings. The molecule has 0 saturated heterocycles. The van der Waals surface area contributed by atoms with E-state index in [4.69, 9.17) is 17.3 Å². The second kappa shape index (κ2) is 3.92. The van der Waals surface area contributed by atoms with Crippen molar-refractivity contribution in [2.24, 2.45) is 17.6 Å². The minimum absolute atomic E-state index is 0.612. The van der Waals surface area contributed by atoms with Crippen molar-refractivity contribution >= 4 is 11.6 Å². The first-order valence-corrected chi connectivity index (χ1v) is 5.56. The summed E-state index contributed by atoms with van der Waals surface area (Å²) in [5.41, 5.74) is 8.57. The summed E-state index contributed by atoms with van der Waals surface area (Å²) in [5.74, 6) is 1.33. The number of hydrogen-bond donors (Lipinski definition) is 1. The molecule has 0 heterocycles. The zero-order valence-corrected chi connectivity index (χ0v) is 9.22. The molecule has 0 aromatic heterocycles. The second-order valence-corrected chi connectivity index (χ2v) is 4.73. The van der Waals surface area contributed by atoms with Crippen LogP contribution in [0.4, 0.5) is 0 Å². The standard InChI is InChI=1S/C12H16ClN/c1-8(7-14)10-4-9-2-3-12(13)6-11(9)5-10/h2-3,6,8,10H,4-5,7,14H2,1H3. The van der Waals surface area contributed by atoms with Crippen LogP contribution in [0.1, 0.15) is 18.1 Å². The molecule has 0 fully saturated rings. The summed E-state index contributed by atoms with van der Waals surface area (Å²) in [6, 6.07) is 6.23. The van der Waals surface area contributed by atoms with Crippen LogP contribution >= 0.6 is 11.6 Å². The van der Waals surface area contributed by atoms with Crippen molar-refractivity contribution in [1.82, 2.24) is 0 Å². The van der Waals surface area contributed by atoms with Crippen LogP contribution in [0.25, 0.3) is 0 Å². The first kappa shape index (κ1) is 10.0. The van der Waals surface area contributed by atoms with Gasteiger partial charge in [-0.3, -0.25) is 0 Å². The van der Waals surface area contributed by atoms with Crippen LogP contribution in [0.2, 0.25) is 5.02 Å². The summed E-state index contributed by atoms with van der Waals surface area (Å²) in [4.78, 5) is 0. The molecule has 0 amide bonds. The molecule has 1 nitrogen and oxygen atoms in total. The summed E-state index contributed by atoms with van der Waals surface area (Å²) in [6.07, 6.45) is 2.32. The maximum atomic E-state index is 5.96. The molecule has 14 heavy (non-hydrogen) atoms. The summed E-state index contributed by atoms with van der Waals surface area (Å²) in [7, 11) is 0. The van der Waals surface area contributed by atoms with Gasteiger partial charge in [-0.05, 0) is 54.5 Å². The molecule has 0 saturated carbocycles. The van der Waals surface area contributed by atoms with Crippen LogP contribution < -0.4 is 5.73 Å². The third-order valence-electron chi connectivity index (χ3n) is 3.31. The molecule has 0 spiro atoms. The molecule has 2 N–H and O–H groups in total. The lowest BCUT2D eigenvalue weighted by molar-refractivity contribution is 0.382. The van der Waals surface area contributed by atoms with E-state index in [-0.39, 0.29) is 0 Å². The Morgan fingerprint density at radius 2 is 2.14 bits per heavy atom. The predicted octanol–water partition coefficient (Wildman–Crippen LogP) is 2.65. The monoisotopic (exact) mass is 209 g/mol. The minimum atomic E-state index is 0.612. The quantitative estimate of drug-likeness (QED) is 0.797. The van der Waals surface area contributed by atoms with Crippen molar-refractivity contribution in [3.63, 3.8) is 0 Å². The normalized spacial score (nSPS) is 22.1. The second-order valence-electron chi connectivity index (χ2n) is 4.29. The number of nitrogens with two attached hydrogens (primary N) is 1. The fourth-order valence-corrected chi connectivity index (χ4v) is 2.41. The van der Waals surface area contributed by atoms with Gasteiger partial charge in [0.2, 0.25) is 0 Å². The Hall–Kier alpha value is -0.530. The van der Waals surface area contributed by atoms with Gasteiger partial charge in [0.05, 0.1) is 0 Å². The van der Waals surface area contributed by atoms with Crippen molar-refractivity contribution in [1.29, 1.82) is 0 Å². The van der Waals surface area contributed by atoms with Gasteiger partial charge in [0.15, 0.2) is 0 Å². The first-order valence-electron chi connectivity index (χ1n) is 5.18. The summed E-state index contributed by atoms with van der Waals surface area (Å²) < 4.78 is 0. The van der Waals surface area contributed by atoms with Crippen molar-refractivity contribution in [3.05, 3.63) is 34.3 Å². The molecule has 2 unspecified atom stereocenters. The molecular formula is C12H16ClN. The van der Waals surface area contributed by atoms with Crippen LogP contribution in [-0.2, 0) is 12.8 Å². The molecule has 0 bridgehead atoms. The lowest BCUT2D eigenvalue weighted by Gasteiger charge is -2.15. The smallest absolute Gasteiger partial charge is 0.0408 e. The highest BCUT2D eigenvalue weighted by Gasteiger charge is 2.25. The van der Waals surface area contributed by atoms with Gasteiger partial charge in [0.25, 0.3) is 0 Å². The van der Waals surface area contributed by atoms with Gasteiger partial charge in [-0.15, -0.1) is 0 Å². The highest BCUT2D eigenvalue weighted by Crippen LogP contribution is 2.32. The van der Waals surface area contributed by atoms with Gasteiger partial charge < -0.3 is 5.73 Å². The third kappa shape index (κ3) is 1.79. The summed E-state index contributed by atoms with van der Waals surface area (Å²) >= 11 is 5.96. The largest absolute Gasteiger partial charge is 0.330 e. The van der Waals surface area contributed by atoms with Crippen LogP contribution in [-0.4, -0.2) is 6.54 Å². The summed E-state index contributed by atoms with van der Waals surface area (Å²) in [6.45, 7) is 3.02. The van der Waals surface area contributed by atoms with E-state index < -0.39 is 0 Å². The van der Waals surface area contributed by atoms with E-state index in [1.165, 1.54) is 17.5 Å². The van der Waals surface area contributed by atoms with E-state index in [1.807, 2.05) is 6.07 Å². The number of hydrogen-bond acceptors (Lipinski definition) is 1. The summed E-state index contributed by atoms with van der Waals surface area (Å²) in [5, 5.41) is 0.852. The Labute approximate surface area is 90.3 Å². The Bertz CT molecular complexity index is 335. The SMILES string of the molecule is CC(CN)C1Cc2ccc(Cl)cc2C1. The van der Waals surface area contributed by atoms with Crippen LogP contribution in [0.15, 0.2) is 18.2 Å². The Morgan fingerprint density at radius 3 is 2.86 bits per heavy atom. The van der Waals surface area contributed by atoms with Gasteiger partial charge in [-0.1, -0.05) is 24.6 Å². The number of fused-ring (bicyclic) bond motifs is 1. The molecule has 1 aromatic carbocycles. The van der Waals surface area contributed by atoms with Crippen molar-refractivity contribution in [3.8, 4) is 0 Å². The fraction of sp³-hybridized carbons (Fsp3) is 0.500. The Kier molecular flexibility index (Phi) is 2.80. The van der Waals surface area contributed by atoms with Crippen molar-refractivity contribution < 1.29 is 0 Å². The first-order chi connectivity index (χ1) is 6.70. The zero-order chi connectivity index (χ0) is 10.1. The van der Waals surface area contributed by atoms with Gasteiger partial charge >= 0.3 is 0 Å². The average molecular weight is 210 g/mol. The van der Waals surface area contributed by atoms with Gasteiger partial charge in [-0.2, -0.15) is 0 Å².